The monoisotopic (exact) mass is 411 g/mol. The SMILES string of the molecule is NC1c2ncn([C@@H]3O[C@H](CO)C(O)C3O)c2N=CN1OCc1ccc(F)c(F)c1. The molecule has 0 bridgehead atoms. The summed E-state index contributed by atoms with van der Waals surface area (Å²) in [5.41, 5.74) is 6.85. The van der Waals surface area contributed by atoms with E-state index >= 15 is 0 Å². The van der Waals surface area contributed by atoms with Crippen LogP contribution in [0.25, 0.3) is 0 Å². The lowest BCUT2D eigenvalue weighted by Crippen LogP contribution is -2.36. The van der Waals surface area contributed by atoms with E-state index in [9.17, 15) is 24.1 Å². The van der Waals surface area contributed by atoms with Gasteiger partial charge in [0.25, 0.3) is 0 Å². The molecule has 12 heteroatoms. The molecular weight excluding hydrogens is 392 g/mol. The van der Waals surface area contributed by atoms with Gasteiger partial charge in [-0.2, -0.15) is 0 Å². The number of rotatable bonds is 5. The average molecular weight is 411 g/mol. The Kier molecular flexibility index (Phi) is 5.29. The van der Waals surface area contributed by atoms with Crippen molar-refractivity contribution in [3.05, 3.63) is 47.4 Å². The molecule has 0 radical (unpaired) electrons. The lowest BCUT2D eigenvalue weighted by Gasteiger charge is -2.28. The van der Waals surface area contributed by atoms with Crippen LogP contribution in [0.15, 0.2) is 29.5 Å². The molecule has 0 spiro atoms. The van der Waals surface area contributed by atoms with Crippen LogP contribution in [0, 0.1) is 11.6 Å². The number of benzene rings is 1. The number of nitrogens with zero attached hydrogens (tertiary/aromatic N) is 4. The smallest absolute Gasteiger partial charge is 0.165 e. The minimum Gasteiger partial charge on any atom is -0.394 e. The maximum Gasteiger partial charge on any atom is 0.165 e. The van der Waals surface area contributed by atoms with Gasteiger partial charge in [-0.25, -0.2) is 23.8 Å². The third-order valence-corrected chi connectivity index (χ3v) is 4.80. The molecule has 5 N–H and O–H groups in total. The molecule has 2 aliphatic heterocycles. The highest BCUT2D eigenvalue weighted by Gasteiger charge is 2.44. The van der Waals surface area contributed by atoms with E-state index in [1.54, 1.807) is 0 Å². The molecule has 3 unspecified atom stereocenters. The van der Waals surface area contributed by atoms with Gasteiger partial charge < -0.3 is 25.8 Å². The molecule has 2 aliphatic rings. The fourth-order valence-electron chi connectivity index (χ4n) is 3.20. The molecule has 4 rings (SSSR count). The predicted molar refractivity (Wildman–Crippen MR) is 93.3 cm³/mol. The summed E-state index contributed by atoms with van der Waals surface area (Å²) in [5.74, 6) is -1.65. The van der Waals surface area contributed by atoms with Crippen molar-refractivity contribution in [2.45, 2.75) is 37.3 Å². The topological polar surface area (TPSA) is 139 Å². The highest BCUT2D eigenvalue weighted by atomic mass is 19.2. The number of fused-ring (bicyclic) bond motifs is 1. The maximum atomic E-state index is 13.3. The summed E-state index contributed by atoms with van der Waals surface area (Å²) in [6.45, 7) is -0.540. The zero-order chi connectivity index (χ0) is 20.7. The van der Waals surface area contributed by atoms with Crippen molar-refractivity contribution in [1.29, 1.82) is 0 Å². The molecule has 156 valence electrons. The van der Waals surface area contributed by atoms with Gasteiger partial charge in [-0.3, -0.25) is 9.40 Å². The maximum absolute atomic E-state index is 13.3. The number of hydrogen-bond donors (Lipinski definition) is 4. The van der Waals surface area contributed by atoms with Crippen LogP contribution in [0.5, 0.6) is 0 Å². The first-order chi connectivity index (χ1) is 13.9. The van der Waals surface area contributed by atoms with Crippen LogP contribution in [0.3, 0.4) is 0 Å². The summed E-state index contributed by atoms with van der Waals surface area (Å²) in [7, 11) is 0. The summed E-state index contributed by atoms with van der Waals surface area (Å²) in [5, 5.41) is 30.6. The second-order valence-corrected chi connectivity index (χ2v) is 6.66. The molecule has 5 atom stereocenters. The Morgan fingerprint density at radius 2 is 2.00 bits per heavy atom. The first-order valence-electron chi connectivity index (χ1n) is 8.75. The van der Waals surface area contributed by atoms with Gasteiger partial charge in [0.1, 0.15) is 37.0 Å². The molecule has 29 heavy (non-hydrogen) atoms. The van der Waals surface area contributed by atoms with E-state index in [4.69, 9.17) is 15.3 Å². The molecule has 1 fully saturated rings. The summed E-state index contributed by atoms with van der Waals surface area (Å²) < 4.78 is 33.2. The zero-order valence-electron chi connectivity index (χ0n) is 15.0. The molecule has 10 nitrogen and oxygen atoms in total. The van der Waals surface area contributed by atoms with Crippen LogP contribution in [-0.4, -0.2) is 61.2 Å². The van der Waals surface area contributed by atoms with E-state index < -0.39 is 48.9 Å². The highest BCUT2D eigenvalue weighted by molar-refractivity contribution is 5.64. The first-order valence-corrected chi connectivity index (χ1v) is 8.75. The van der Waals surface area contributed by atoms with Crippen molar-refractivity contribution in [3.8, 4) is 0 Å². The molecule has 1 saturated heterocycles. The van der Waals surface area contributed by atoms with Gasteiger partial charge in [-0.15, -0.1) is 0 Å². The second-order valence-electron chi connectivity index (χ2n) is 6.66. The Hall–Kier alpha value is -2.48. The molecule has 2 aromatic rings. The fraction of sp³-hybridized carbons (Fsp3) is 0.412. The van der Waals surface area contributed by atoms with Crippen LogP contribution in [0.2, 0.25) is 0 Å². The normalized spacial score (nSPS) is 28.8. The van der Waals surface area contributed by atoms with Crippen LogP contribution in [-0.2, 0) is 16.2 Å². The van der Waals surface area contributed by atoms with Crippen molar-refractivity contribution in [2.75, 3.05) is 6.61 Å². The van der Waals surface area contributed by atoms with Gasteiger partial charge in [0.15, 0.2) is 29.8 Å². The van der Waals surface area contributed by atoms with Gasteiger partial charge in [-0.05, 0) is 17.7 Å². The fourth-order valence-corrected chi connectivity index (χ4v) is 3.20. The second kappa shape index (κ2) is 7.74. The lowest BCUT2D eigenvalue weighted by molar-refractivity contribution is -0.136. The number of aliphatic hydroxyl groups is 3. The third kappa shape index (κ3) is 3.50. The summed E-state index contributed by atoms with van der Waals surface area (Å²) in [6.07, 6.45) is -2.73. The van der Waals surface area contributed by atoms with E-state index in [2.05, 4.69) is 9.98 Å². The van der Waals surface area contributed by atoms with Gasteiger partial charge in [0.05, 0.1) is 12.9 Å². The number of hydroxylamine groups is 2. The number of aromatic nitrogens is 2. The molecule has 3 heterocycles. The van der Waals surface area contributed by atoms with E-state index in [0.29, 0.717) is 17.1 Å². The number of ether oxygens (including phenoxy) is 1. The van der Waals surface area contributed by atoms with Crippen molar-refractivity contribution in [2.24, 2.45) is 10.7 Å². The van der Waals surface area contributed by atoms with Crippen LogP contribution in [0.4, 0.5) is 14.6 Å². The van der Waals surface area contributed by atoms with E-state index in [1.165, 1.54) is 28.4 Å². The number of hydrogen-bond acceptors (Lipinski definition) is 9. The van der Waals surface area contributed by atoms with Gasteiger partial charge in [-0.1, -0.05) is 6.07 Å². The average Bonchev–Trinajstić information content (AvgIpc) is 3.26. The van der Waals surface area contributed by atoms with Gasteiger partial charge in [0.2, 0.25) is 0 Å². The van der Waals surface area contributed by atoms with Crippen molar-refractivity contribution in [1.82, 2.24) is 14.6 Å². The Labute approximate surface area is 163 Å². The van der Waals surface area contributed by atoms with E-state index in [1.807, 2.05) is 0 Å². The molecule has 1 aromatic carbocycles. The number of halogens is 2. The van der Waals surface area contributed by atoms with Crippen molar-refractivity contribution < 1.29 is 33.7 Å². The Morgan fingerprint density at radius 3 is 2.69 bits per heavy atom. The van der Waals surface area contributed by atoms with Gasteiger partial charge >= 0.3 is 0 Å². The van der Waals surface area contributed by atoms with Crippen LogP contribution in [0.1, 0.15) is 23.7 Å². The Balaban J connectivity index is 1.49. The minimum absolute atomic E-state index is 0.0816. The predicted octanol–water partition coefficient (Wildman–Crippen LogP) is -0.163. The number of aliphatic imine (C=N–C) groups is 1. The number of nitrogens with two attached hydrogens (primary N) is 1. The van der Waals surface area contributed by atoms with Crippen molar-refractivity contribution in [3.63, 3.8) is 0 Å². The molecular formula is C17H19F2N5O5. The summed E-state index contributed by atoms with van der Waals surface area (Å²) in [6, 6.07) is 3.40. The van der Waals surface area contributed by atoms with E-state index in [0.717, 1.165) is 12.1 Å². The Morgan fingerprint density at radius 1 is 1.21 bits per heavy atom. The minimum atomic E-state index is -1.29. The number of imidazole rings is 1. The standard InChI is InChI=1S/C17H19F2N5O5/c18-9-2-1-8(3-10(9)19)5-28-24-7-22-16-12(15(24)20)21-6-23(16)17-14(27)13(26)11(4-25)29-17/h1-3,6-7,11,13-15,17,25-27H,4-5,20H2/t11-,13?,14?,15?,17-/m1/s1. The van der Waals surface area contributed by atoms with Crippen LogP contribution < -0.4 is 5.73 Å². The van der Waals surface area contributed by atoms with E-state index in [-0.39, 0.29) is 6.61 Å². The number of aliphatic hydroxyl groups excluding tert-OH is 3. The lowest BCUT2D eigenvalue weighted by atomic mass is 10.1. The Bertz CT molecular complexity index is 926. The van der Waals surface area contributed by atoms with Crippen molar-refractivity contribution >= 4 is 12.2 Å². The molecule has 1 aromatic heterocycles. The van der Waals surface area contributed by atoms with Crippen LogP contribution >= 0.6 is 0 Å². The molecule has 0 saturated carbocycles. The van der Waals surface area contributed by atoms with Gasteiger partial charge in [0, 0.05) is 0 Å². The summed E-state index contributed by atoms with van der Waals surface area (Å²) in [4.78, 5) is 13.9. The first kappa shape index (κ1) is 19.8. The zero-order valence-corrected chi connectivity index (χ0v) is 15.0. The quantitative estimate of drug-likeness (QED) is 0.532. The largest absolute Gasteiger partial charge is 0.394 e. The molecule has 0 amide bonds. The third-order valence-electron chi connectivity index (χ3n) is 4.80. The highest BCUT2D eigenvalue weighted by Crippen LogP contribution is 2.37. The molecule has 0 aliphatic carbocycles. The summed E-state index contributed by atoms with van der Waals surface area (Å²) >= 11 is 0.